The summed E-state index contributed by atoms with van der Waals surface area (Å²) in [5, 5.41) is 29.0. The van der Waals surface area contributed by atoms with E-state index in [0.717, 1.165) is 0 Å². The van der Waals surface area contributed by atoms with E-state index in [2.05, 4.69) is 0 Å². The molecular formula is C13H17BClNO3. The summed E-state index contributed by atoms with van der Waals surface area (Å²) in [6.07, 6.45) is 0. The second-order valence-electron chi connectivity index (χ2n) is 5.39. The fourth-order valence-electron chi connectivity index (χ4n) is 1.28. The predicted molar refractivity (Wildman–Crippen MR) is 75.2 cm³/mol. The highest BCUT2D eigenvalue weighted by atomic mass is 35.5. The molecule has 0 fully saturated rings. The molecule has 6 heteroatoms. The van der Waals surface area contributed by atoms with E-state index in [1.54, 1.807) is 33.8 Å². The van der Waals surface area contributed by atoms with Crippen LogP contribution in [0.5, 0.6) is 0 Å². The van der Waals surface area contributed by atoms with Gasteiger partial charge in [0.25, 0.3) is 0 Å². The molecule has 19 heavy (non-hydrogen) atoms. The van der Waals surface area contributed by atoms with Crippen molar-refractivity contribution in [2.45, 2.75) is 38.9 Å². The maximum atomic E-state index is 10.1. The highest BCUT2D eigenvalue weighted by Gasteiger charge is 2.39. The lowest BCUT2D eigenvalue weighted by Gasteiger charge is -2.38. The van der Waals surface area contributed by atoms with Crippen LogP contribution in [-0.2, 0) is 4.65 Å². The van der Waals surface area contributed by atoms with Crippen LogP contribution in [0.3, 0.4) is 0 Å². The first kappa shape index (κ1) is 16.0. The Hall–Kier alpha value is -1.06. The van der Waals surface area contributed by atoms with Crippen molar-refractivity contribution in [1.82, 2.24) is 0 Å². The van der Waals surface area contributed by atoms with Gasteiger partial charge in [0.05, 0.1) is 22.8 Å². The standard InChI is InChI=1S/C13H17BClNO3/c1-12(2,17)13(3,4)19-14(18)10-6-5-9(8-16)7-11(10)15/h5-7,17-18H,1-4H3. The minimum atomic E-state index is -1.28. The minimum absolute atomic E-state index is 0.248. The van der Waals surface area contributed by atoms with Crippen molar-refractivity contribution < 1.29 is 14.8 Å². The Morgan fingerprint density at radius 2 is 1.89 bits per heavy atom. The lowest BCUT2D eigenvalue weighted by molar-refractivity contribution is -0.0982. The molecule has 4 nitrogen and oxygen atoms in total. The zero-order valence-corrected chi connectivity index (χ0v) is 12.2. The molecule has 0 atom stereocenters. The maximum absolute atomic E-state index is 10.1. The van der Waals surface area contributed by atoms with Crippen LogP contribution in [-0.4, -0.2) is 28.5 Å². The molecule has 0 heterocycles. The molecule has 2 N–H and O–H groups in total. The smallest absolute Gasteiger partial charge is 0.423 e. The molecule has 0 aliphatic carbocycles. The summed E-state index contributed by atoms with van der Waals surface area (Å²) in [5.74, 6) is 0. The lowest BCUT2D eigenvalue weighted by atomic mass is 9.76. The molecule has 1 aromatic carbocycles. The number of rotatable bonds is 4. The topological polar surface area (TPSA) is 73.5 Å². The Kier molecular flexibility index (Phi) is 4.65. The third kappa shape index (κ3) is 3.71. The van der Waals surface area contributed by atoms with Crippen LogP contribution in [0, 0.1) is 11.3 Å². The normalized spacial score (nSPS) is 12.1. The van der Waals surface area contributed by atoms with E-state index in [0.29, 0.717) is 11.0 Å². The van der Waals surface area contributed by atoms with Crippen LogP contribution >= 0.6 is 11.6 Å². The molecule has 102 valence electrons. The Morgan fingerprint density at radius 3 is 2.32 bits per heavy atom. The van der Waals surface area contributed by atoms with Crippen LogP contribution < -0.4 is 5.46 Å². The number of hydrogen-bond acceptors (Lipinski definition) is 4. The summed E-state index contributed by atoms with van der Waals surface area (Å²) in [6.45, 7) is 6.54. The van der Waals surface area contributed by atoms with E-state index in [1.807, 2.05) is 6.07 Å². The van der Waals surface area contributed by atoms with Gasteiger partial charge in [-0.3, -0.25) is 0 Å². The molecular weight excluding hydrogens is 264 g/mol. The zero-order chi connectivity index (χ0) is 14.8. The third-order valence-electron chi connectivity index (χ3n) is 3.28. The van der Waals surface area contributed by atoms with Crippen LogP contribution in [0.25, 0.3) is 0 Å². The van der Waals surface area contributed by atoms with E-state index in [4.69, 9.17) is 21.5 Å². The first-order chi connectivity index (χ1) is 8.58. The average Bonchev–Trinajstić information content (AvgIpc) is 2.26. The van der Waals surface area contributed by atoms with Crippen molar-refractivity contribution >= 4 is 24.2 Å². The summed E-state index contributed by atoms with van der Waals surface area (Å²) in [4.78, 5) is 0. The van der Waals surface area contributed by atoms with Gasteiger partial charge in [0, 0.05) is 10.5 Å². The molecule has 0 aromatic heterocycles. The Morgan fingerprint density at radius 1 is 1.32 bits per heavy atom. The van der Waals surface area contributed by atoms with Crippen molar-refractivity contribution in [1.29, 1.82) is 5.26 Å². The van der Waals surface area contributed by atoms with Crippen molar-refractivity contribution in [3.8, 4) is 6.07 Å². The molecule has 0 bridgehead atoms. The van der Waals surface area contributed by atoms with Gasteiger partial charge >= 0.3 is 7.12 Å². The number of nitrogens with zero attached hydrogens (tertiary/aromatic N) is 1. The van der Waals surface area contributed by atoms with Gasteiger partial charge < -0.3 is 14.8 Å². The van der Waals surface area contributed by atoms with Crippen LogP contribution in [0.1, 0.15) is 33.3 Å². The van der Waals surface area contributed by atoms with Gasteiger partial charge in [0.2, 0.25) is 0 Å². The van der Waals surface area contributed by atoms with Crippen LogP contribution in [0.4, 0.5) is 0 Å². The van der Waals surface area contributed by atoms with Crippen LogP contribution in [0.2, 0.25) is 5.02 Å². The number of halogens is 1. The number of aliphatic hydroxyl groups is 1. The van der Waals surface area contributed by atoms with Gasteiger partial charge in [0.15, 0.2) is 0 Å². The van der Waals surface area contributed by atoms with E-state index >= 15 is 0 Å². The van der Waals surface area contributed by atoms with Gasteiger partial charge in [-0.15, -0.1) is 0 Å². The van der Waals surface area contributed by atoms with Crippen LogP contribution in [0.15, 0.2) is 18.2 Å². The second kappa shape index (κ2) is 5.52. The van der Waals surface area contributed by atoms with Crippen molar-refractivity contribution in [2.75, 3.05) is 0 Å². The van der Waals surface area contributed by atoms with E-state index in [-0.39, 0.29) is 5.02 Å². The predicted octanol–water partition coefficient (Wildman–Crippen LogP) is 1.47. The fraction of sp³-hybridized carbons (Fsp3) is 0.462. The molecule has 0 radical (unpaired) electrons. The van der Waals surface area contributed by atoms with E-state index < -0.39 is 18.3 Å². The minimum Gasteiger partial charge on any atom is -0.423 e. The van der Waals surface area contributed by atoms with Gasteiger partial charge in [0.1, 0.15) is 0 Å². The molecule has 0 amide bonds. The molecule has 0 saturated carbocycles. The van der Waals surface area contributed by atoms with E-state index in [9.17, 15) is 10.1 Å². The number of benzene rings is 1. The van der Waals surface area contributed by atoms with Gasteiger partial charge in [-0.25, -0.2) is 0 Å². The summed E-state index contributed by atoms with van der Waals surface area (Å²) in [6, 6.07) is 6.50. The molecule has 0 saturated heterocycles. The van der Waals surface area contributed by atoms with Crippen molar-refractivity contribution in [3.05, 3.63) is 28.8 Å². The van der Waals surface area contributed by atoms with Crippen molar-refractivity contribution in [3.63, 3.8) is 0 Å². The summed E-state index contributed by atoms with van der Waals surface area (Å²) in [7, 11) is -1.28. The fourth-order valence-corrected chi connectivity index (χ4v) is 1.56. The molecule has 1 rings (SSSR count). The first-order valence-corrected chi connectivity index (χ1v) is 6.24. The molecule has 0 spiro atoms. The van der Waals surface area contributed by atoms with Gasteiger partial charge in [-0.1, -0.05) is 17.7 Å². The zero-order valence-electron chi connectivity index (χ0n) is 11.4. The molecule has 0 aliphatic heterocycles. The highest BCUT2D eigenvalue weighted by Crippen LogP contribution is 2.25. The maximum Gasteiger partial charge on any atom is 0.493 e. The Bertz CT molecular complexity index is 506. The third-order valence-corrected chi connectivity index (χ3v) is 3.60. The first-order valence-electron chi connectivity index (χ1n) is 5.86. The Labute approximate surface area is 118 Å². The lowest BCUT2D eigenvalue weighted by Crippen LogP contribution is -2.53. The summed E-state index contributed by atoms with van der Waals surface area (Å²) < 4.78 is 5.48. The Balaban J connectivity index is 2.97. The average molecular weight is 282 g/mol. The molecule has 0 aliphatic rings. The SMILES string of the molecule is CC(C)(O)C(C)(C)OB(O)c1ccc(C#N)cc1Cl. The molecule has 0 unspecified atom stereocenters. The van der Waals surface area contributed by atoms with Gasteiger partial charge in [-0.2, -0.15) is 5.26 Å². The number of hydrogen-bond donors (Lipinski definition) is 2. The largest absolute Gasteiger partial charge is 0.493 e. The van der Waals surface area contributed by atoms with E-state index in [1.165, 1.54) is 12.1 Å². The summed E-state index contributed by atoms with van der Waals surface area (Å²) in [5.41, 5.74) is -1.34. The quantitative estimate of drug-likeness (QED) is 0.820. The monoisotopic (exact) mass is 281 g/mol. The van der Waals surface area contributed by atoms with Crippen molar-refractivity contribution in [2.24, 2.45) is 0 Å². The second-order valence-corrected chi connectivity index (χ2v) is 5.79. The number of nitriles is 1. The molecule has 1 aromatic rings. The van der Waals surface area contributed by atoms with Gasteiger partial charge in [-0.05, 0) is 39.8 Å². The summed E-state index contributed by atoms with van der Waals surface area (Å²) >= 11 is 5.99. The highest BCUT2D eigenvalue weighted by molar-refractivity contribution is 6.64.